The molecule has 0 aliphatic rings. The lowest BCUT2D eigenvalue weighted by Crippen LogP contribution is -2.03. The van der Waals surface area contributed by atoms with Gasteiger partial charge in [-0.15, -0.1) is 0 Å². The SMILES string of the molecule is NCCc1ccc(-n2ncc3ccccc32)cc1. The summed E-state index contributed by atoms with van der Waals surface area (Å²) in [5, 5.41) is 5.59. The zero-order chi connectivity index (χ0) is 12.4. The average Bonchev–Trinajstić information content (AvgIpc) is 2.84. The van der Waals surface area contributed by atoms with Crippen LogP contribution in [0.3, 0.4) is 0 Å². The summed E-state index contributed by atoms with van der Waals surface area (Å²) in [6.45, 7) is 0.685. The van der Waals surface area contributed by atoms with E-state index in [0.717, 1.165) is 23.0 Å². The van der Waals surface area contributed by atoms with Crippen molar-refractivity contribution in [1.82, 2.24) is 9.78 Å². The van der Waals surface area contributed by atoms with Gasteiger partial charge in [0.05, 0.1) is 17.4 Å². The predicted molar refractivity (Wildman–Crippen MR) is 73.8 cm³/mol. The van der Waals surface area contributed by atoms with Gasteiger partial charge in [0.1, 0.15) is 0 Å². The van der Waals surface area contributed by atoms with Gasteiger partial charge in [-0.05, 0) is 36.7 Å². The smallest absolute Gasteiger partial charge is 0.0741 e. The first kappa shape index (κ1) is 11.0. The van der Waals surface area contributed by atoms with Crippen LogP contribution in [-0.2, 0) is 6.42 Å². The average molecular weight is 237 g/mol. The second kappa shape index (κ2) is 4.63. The molecule has 3 aromatic rings. The maximum absolute atomic E-state index is 5.55. The van der Waals surface area contributed by atoms with Crippen LogP contribution in [-0.4, -0.2) is 16.3 Å². The van der Waals surface area contributed by atoms with Gasteiger partial charge in [-0.2, -0.15) is 5.10 Å². The molecule has 0 fully saturated rings. The summed E-state index contributed by atoms with van der Waals surface area (Å²) in [5.74, 6) is 0. The Morgan fingerprint density at radius 2 is 1.78 bits per heavy atom. The second-order valence-electron chi connectivity index (χ2n) is 4.32. The van der Waals surface area contributed by atoms with Gasteiger partial charge in [0.15, 0.2) is 0 Å². The van der Waals surface area contributed by atoms with E-state index in [4.69, 9.17) is 5.73 Å². The zero-order valence-corrected chi connectivity index (χ0v) is 10.1. The number of benzene rings is 2. The lowest BCUT2D eigenvalue weighted by Gasteiger charge is -2.05. The Kier molecular flexibility index (Phi) is 2.82. The highest BCUT2D eigenvalue weighted by molar-refractivity contribution is 5.80. The van der Waals surface area contributed by atoms with Gasteiger partial charge in [0.25, 0.3) is 0 Å². The molecule has 0 aliphatic carbocycles. The topological polar surface area (TPSA) is 43.8 Å². The summed E-state index contributed by atoms with van der Waals surface area (Å²) < 4.78 is 1.96. The quantitative estimate of drug-likeness (QED) is 0.760. The fourth-order valence-electron chi connectivity index (χ4n) is 2.15. The Balaban J connectivity index is 2.03. The minimum atomic E-state index is 0.685. The van der Waals surface area contributed by atoms with Crippen LogP contribution in [0, 0.1) is 0 Å². The molecule has 0 spiro atoms. The third kappa shape index (κ3) is 1.89. The van der Waals surface area contributed by atoms with Crippen molar-refractivity contribution < 1.29 is 0 Å². The highest BCUT2D eigenvalue weighted by atomic mass is 15.3. The predicted octanol–water partition coefficient (Wildman–Crippen LogP) is 2.53. The summed E-state index contributed by atoms with van der Waals surface area (Å²) in [5.41, 5.74) is 9.02. The van der Waals surface area contributed by atoms with Gasteiger partial charge >= 0.3 is 0 Å². The Morgan fingerprint density at radius 1 is 1.00 bits per heavy atom. The molecule has 0 atom stereocenters. The first-order chi connectivity index (χ1) is 8.88. The maximum atomic E-state index is 5.55. The van der Waals surface area contributed by atoms with Crippen LogP contribution in [0.4, 0.5) is 0 Å². The molecule has 3 heteroatoms. The molecule has 0 unspecified atom stereocenters. The zero-order valence-electron chi connectivity index (χ0n) is 10.1. The molecule has 2 aromatic carbocycles. The van der Waals surface area contributed by atoms with Crippen molar-refractivity contribution >= 4 is 10.9 Å². The van der Waals surface area contributed by atoms with Crippen molar-refractivity contribution in [2.75, 3.05) is 6.54 Å². The molecule has 3 rings (SSSR count). The summed E-state index contributed by atoms with van der Waals surface area (Å²) in [6.07, 6.45) is 2.81. The van der Waals surface area contributed by atoms with E-state index < -0.39 is 0 Å². The molecule has 0 aliphatic heterocycles. The van der Waals surface area contributed by atoms with Crippen LogP contribution in [0.25, 0.3) is 16.6 Å². The summed E-state index contributed by atoms with van der Waals surface area (Å²) in [4.78, 5) is 0. The van der Waals surface area contributed by atoms with E-state index in [2.05, 4.69) is 41.5 Å². The summed E-state index contributed by atoms with van der Waals surface area (Å²) in [7, 11) is 0. The molecule has 0 amide bonds. The molecule has 0 bridgehead atoms. The Bertz CT molecular complexity index is 653. The van der Waals surface area contributed by atoms with Gasteiger partial charge in [-0.3, -0.25) is 0 Å². The van der Waals surface area contributed by atoms with Crippen molar-refractivity contribution in [1.29, 1.82) is 0 Å². The number of para-hydroxylation sites is 1. The summed E-state index contributed by atoms with van der Waals surface area (Å²) >= 11 is 0. The van der Waals surface area contributed by atoms with Crippen LogP contribution >= 0.6 is 0 Å². The number of nitrogens with two attached hydrogens (primary N) is 1. The van der Waals surface area contributed by atoms with E-state index in [1.807, 2.05) is 23.0 Å². The largest absolute Gasteiger partial charge is 0.330 e. The van der Waals surface area contributed by atoms with Gasteiger partial charge in [-0.1, -0.05) is 30.3 Å². The third-order valence-corrected chi connectivity index (χ3v) is 3.09. The highest BCUT2D eigenvalue weighted by Crippen LogP contribution is 2.18. The lowest BCUT2D eigenvalue weighted by molar-refractivity contribution is 0.906. The summed E-state index contributed by atoms with van der Waals surface area (Å²) in [6, 6.07) is 16.6. The molecule has 18 heavy (non-hydrogen) atoms. The van der Waals surface area contributed by atoms with Crippen molar-refractivity contribution in [2.45, 2.75) is 6.42 Å². The minimum Gasteiger partial charge on any atom is -0.330 e. The number of nitrogens with zero attached hydrogens (tertiary/aromatic N) is 2. The van der Waals surface area contributed by atoms with Crippen molar-refractivity contribution in [2.24, 2.45) is 5.73 Å². The first-order valence-corrected chi connectivity index (χ1v) is 6.10. The monoisotopic (exact) mass is 237 g/mol. The van der Waals surface area contributed by atoms with E-state index in [9.17, 15) is 0 Å². The van der Waals surface area contributed by atoms with Crippen LogP contribution < -0.4 is 5.73 Å². The molecule has 1 aromatic heterocycles. The Morgan fingerprint density at radius 3 is 2.56 bits per heavy atom. The maximum Gasteiger partial charge on any atom is 0.0741 e. The van der Waals surface area contributed by atoms with E-state index in [0.29, 0.717) is 6.54 Å². The Labute approximate surface area is 106 Å². The number of hydrogen-bond acceptors (Lipinski definition) is 2. The number of rotatable bonds is 3. The molecular weight excluding hydrogens is 222 g/mol. The lowest BCUT2D eigenvalue weighted by atomic mass is 10.1. The molecule has 0 saturated carbocycles. The number of fused-ring (bicyclic) bond motifs is 1. The van der Waals surface area contributed by atoms with E-state index in [1.54, 1.807) is 0 Å². The van der Waals surface area contributed by atoms with Gasteiger partial charge in [0.2, 0.25) is 0 Å². The molecule has 3 nitrogen and oxygen atoms in total. The second-order valence-corrected chi connectivity index (χ2v) is 4.32. The van der Waals surface area contributed by atoms with Crippen LogP contribution in [0.15, 0.2) is 54.7 Å². The Hall–Kier alpha value is -2.13. The highest BCUT2D eigenvalue weighted by Gasteiger charge is 2.03. The van der Waals surface area contributed by atoms with E-state index in [-0.39, 0.29) is 0 Å². The number of hydrogen-bond donors (Lipinski definition) is 1. The van der Waals surface area contributed by atoms with Crippen molar-refractivity contribution in [3.05, 3.63) is 60.3 Å². The van der Waals surface area contributed by atoms with Crippen LogP contribution in [0.2, 0.25) is 0 Å². The minimum absolute atomic E-state index is 0.685. The van der Waals surface area contributed by atoms with E-state index >= 15 is 0 Å². The first-order valence-electron chi connectivity index (χ1n) is 6.10. The van der Waals surface area contributed by atoms with E-state index in [1.165, 1.54) is 5.56 Å². The molecule has 0 saturated heterocycles. The van der Waals surface area contributed by atoms with Gasteiger partial charge < -0.3 is 5.73 Å². The molecule has 2 N–H and O–H groups in total. The van der Waals surface area contributed by atoms with Gasteiger partial charge in [0, 0.05) is 5.39 Å². The third-order valence-electron chi connectivity index (χ3n) is 3.09. The fraction of sp³-hybridized carbons (Fsp3) is 0.133. The van der Waals surface area contributed by atoms with Gasteiger partial charge in [-0.25, -0.2) is 4.68 Å². The molecule has 0 radical (unpaired) electrons. The molecule has 90 valence electrons. The van der Waals surface area contributed by atoms with Crippen LogP contribution in [0.5, 0.6) is 0 Å². The molecule has 1 heterocycles. The van der Waals surface area contributed by atoms with Crippen molar-refractivity contribution in [3.63, 3.8) is 0 Å². The molecular formula is C15H15N3. The normalized spacial score (nSPS) is 10.9. The van der Waals surface area contributed by atoms with Crippen LogP contribution in [0.1, 0.15) is 5.56 Å². The number of aromatic nitrogens is 2. The standard InChI is InChI=1S/C15H15N3/c16-10-9-12-5-7-14(8-6-12)18-15-4-2-1-3-13(15)11-17-18/h1-8,11H,9-10,16H2. The van der Waals surface area contributed by atoms with Crippen molar-refractivity contribution in [3.8, 4) is 5.69 Å². The fourth-order valence-corrected chi connectivity index (χ4v) is 2.15.